The monoisotopic (exact) mass is 625 g/mol. The maximum atomic E-state index is 2.40. The van der Waals surface area contributed by atoms with E-state index in [-0.39, 0.29) is 0 Å². The molecule has 0 aliphatic carbocycles. The number of rotatable bonds is 5. The number of hydrogen-bond acceptors (Lipinski definition) is 1. The van der Waals surface area contributed by atoms with E-state index >= 15 is 0 Å². The molecule has 0 fully saturated rings. The molecule has 0 bridgehead atoms. The van der Waals surface area contributed by atoms with Gasteiger partial charge < -0.3 is 4.90 Å². The summed E-state index contributed by atoms with van der Waals surface area (Å²) in [6.07, 6.45) is 0. The van der Waals surface area contributed by atoms with Crippen LogP contribution in [0.3, 0.4) is 0 Å². The van der Waals surface area contributed by atoms with E-state index in [9.17, 15) is 0 Å². The van der Waals surface area contributed by atoms with Crippen molar-refractivity contribution in [3.8, 4) is 22.3 Å². The molecule has 0 saturated heterocycles. The SMILES string of the molecule is Cc1cccc(N(c2ccc(-c3c4ccccc4c(-c4ccc5ccccc5c4)c4cc5ccccc5cc34)cc2)c2cccc(C)c2)c1. The van der Waals surface area contributed by atoms with Gasteiger partial charge in [0.1, 0.15) is 0 Å². The van der Waals surface area contributed by atoms with Crippen LogP contribution in [-0.2, 0) is 0 Å². The lowest BCUT2D eigenvalue weighted by molar-refractivity contribution is 1.26. The van der Waals surface area contributed by atoms with Gasteiger partial charge in [0, 0.05) is 17.1 Å². The predicted molar refractivity (Wildman–Crippen MR) is 211 cm³/mol. The van der Waals surface area contributed by atoms with E-state index in [1.165, 1.54) is 76.5 Å². The Kier molecular flexibility index (Phi) is 6.99. The Labute approximate surface area is 287 Å². The molecule has 1 heteroatoms. The van der Waals surface area contributed by atoms with Crippen molar-refractivity contribution in [3.63, 3.8) is 0 Å². The summed E-state index contributed by atoms with van der Waals surface area (Å²) in [6.45, 7) is 4.31. The number of anilines is 3. The zero-order valence-corrected chi connectivity index (χ0v) is 27.7. The standard InChI is InChI=1S/C48H35N/c1-32-11-9-17-41(27-32)49(42-18-10-12-33(2)28-42)40-25-23-35(24-26-40)47-43-19-7-8-20-44(43)48(39-22-21-34-13-3-4-14-36(34)29-39)46-31-38-16-6-5-15-37(38)30-45(46)47/h3-31H,1-2H3. The van der Waals surface area contributed by atoms with Crippen LogP contribution in [0.15, 0.2) is 176 Å². The molecule has 0 saturated carbocycles. The van der Waals surface area contributed by atoms with Gasteiger partial charge in [0.05, 0.1) is 0 Å². The van der Waals surface area contributed by atoms with Crippen molar-refractivity contribution in [3.05, 3.63) is 187 Å². The Morgan fingerprint density at radius 1 is 0.306 bits per heavy atom. The summed E-state index contributed by atoms with van der Waals surface area (Å²) in [5, 5.41) is 10.1. The summed E-state index contributed by atoms with van der Waals surface area (Å²) in [4.78, 5) is 2.36. The topological polar surface area (TPSA) is 3.24 Å². The first-order valence-electron chi connectivity index (χ1n) is 17.0. The highest BCUT2D eigenvalue weighted by Crippen LogP contribution is 2.46. The van der Waals surface area contributed by atoms with E-state index in [0.29, 0.717) is 0 Å². The molecule has 9 rings (SSSR count). The van der Waals surface area contributed by atoms with Gasteiger partial charge >= 0.3 is 0 Å². The highest BCUT2D eigenvalue weighted by atomic mass is 15.1. The van der Waals surface area contributed by atoms with Crippen molar-refractivity contribution < 1.29 is 0 Å². The predicted octanol–water partition coefficient (Wildman–Crippen LogP) is 13.7. The molecule has 9 aromatic rings. The number of aryl methyl sites for hydroxylation is 2. The van der Waals surface area contributed by atoms with Crippen molar-refractivity contribution in [2.24, 2.45) is 0 Å². The Bertz CT molecular complexity index is 2640. The van der Waals surface area contributed by atoms with Crippen LogP contribution in [0.5, 0.6) is 0 Å². The van der Waals surface area contributed by atoms with Crippen molar-refractivity contribution >= 4 is 60.2 Å². The maximum Gasteiger partial charge on any atom is 0.0464 e. The molecule has 0 radical (unpaired) electrons. The molecular formula is C48H35N. The molecule has 0 heterocycles. The van der Waals surface area contributed by atoms with Gasteiger partial charge in [-0.2, -0.15) is 0 Å². The molecule has 0 aliphatic heterocycles. The summed E-state index contributed by atoms with van der Waals surface area (Å²) >= 11 is 0. The molecule has 0 spiro atoms. The Morgan fingerprint density at radius 3 is 1.33 bits per heavy atom. The van der Waals surface area contributed by atoms with E-state index in [4.69, 9.17) is 0 Å². The number of benzene rings is 9. The molecule has 49 heavy (non-hydrogen) atoms. The van der Waals surface area contributed by atoms with Gasteiger partial charge in [-0.3, -0.25) is 0 Å². The minimum atomic E-state index is 1.13. The van der Waals surface area contributed by atoms with Gasteiger partial charge in [-0.15, -0.1) is 0 Å². The van der Waals surface area contributed by atoms with Gasteiger partial charge in [-0.25, -0.2) is 0 Å². The Hall–Kier alpha value is -6.18. The van der Waals surface area contributed by atoms with Crippen LogP contribution in [0.25, 0.3) is 65.3 Å². The summed E-state index contributed by atoms with van der Waals surface area (Å²) < 4.78 is 0. The second-order valence-electron chi connectivity index (χ2n) is 13.2. The normalized spacial score (nSPS) is 11.5. The van der Waals surface area contributed by atoms with Crippen molar-refractivity contribution in [1.82, 2.24) is 0 Å². The van der Waals surface area contributed by atoms with Gasteiger partial charge in [0.2, 0.25) is 0 Å². The summed E-state index contributed by atoms with van der Waals surface area (Å²) in [7, 11) is 0. The van der Waals surface area contributed by atoms with E-state index in [0.717, 1.165) is 17.1 Å². The largest absolute Gasteiger partial charge is 0.310 e. The first kappa shape index (κ1) is 29.0. The van der Waals surface area contributed by atoms with Crippen LogP contribution in [0.2, 0.25) is 0 Å². The molecule has 232 valence electrons. The zero-order valence-electron chi connectivity index (χ0n) is 27.7. The minimum Gasteiger partial charge on any atom is -0.310 e. The molecule has 0 N–H and O–H groups in total. The minimum absolute atomic E-state index is 1.13. The second-order valence-corrected chi connectivity index (χ2v) is 13.2. The zero-order chi connectivity index (χ0) is 32.9. The number of nitrogens with zero attached hydrogens (tertiary/aromatic N) is 1. The van der Waals surface area contributed by atoms with Gasteiger partial charge in [0.15, 0.2) is 0 Å². The lowest BCUT2D eigenvalue weighted by Crippen LogP contribution is -2.10. The molecule has 0 unspecified atom stereocenters. The van der Waals surface area contributed by atoms with Crippen molar-refractivity contribution in [2.45, 2.75) is 13.8 Å². The third-order valence-corrected chi connectivity index (χ3v) is 9.86. The summed E-state index contributed by atoms with van der Waals surface area (Å²) in [5.41, 5.74) is 10.9. The summed E-state index contributed by atoms with van der Waals surface area (Å²) in [6, 6.07) is 64.7. The molecule has 0 aromatic heterocycles. The molecular weight excluding hydrogens is 591 g/mol. The lowest BCUT2D eigenvalue weighted by Gasteiger charge is -2.26. The van der Waals surface area contributed by atoms with E-state index < -0.39 is 0 Å². The first-order chi connectivity index (χ1) is 24.1. The lowest BCUT2D eigenvalue weighted by atomic mass is 9.84. The molecule has 0 atom stereocenters. The fourth-order valence-corrected chi connectivity index (χ4v) is 7.59. The number of hydrogen-bond donors (Lipinski definition) is 0. The molecule has 1 nitrogen and oxygen atoms in total. The van der Waals surface area contributed by atoms with Crippen LogP contribution < -0.4 is 4.90 Å². The Balaban J connectivity index is 1.29. The molecule has 0 aliphatic rings. The van der Waals surface area contributed by atoms with Crippen molar-refractivity contribution in [2.75, 3.05) is 4.90 Å². The highest BCUT2D eigenvalue weighted by molar-refractivity contribution is 6.24. The quantitative estimate of drug-likeness (QED) is 0.172. The van der Waals surface area contributed by atoms with Crippen LogP contribution in [-0.4, -0.2) is 0 Å². The highest BCUT2D eigenvalue weighted by Gasteiger charge is 2.19. The Morgan fingerprint density at radius 2 is 0.776 bits per heavy atom. The van der Waals surface area contributed by atoms with Crippen LogP contribution in [0.4, 0.5) is 17.1 Å². The number of fused-ring (bicyclic) bond motifs is 4. The van der Waals surface area contributed by atoms with Crippen molar-refractivity contribution in [1.29, 1.82) is 0 Å². The first-order valence-corrected chi connectivity index (χ1v) is 17.0. The summed E-state index contributed by atoms with van der Waals surface area (Å²) in [5.74, 6) is 0. The second kappa shape index (κ2) is 11.8. The third-order valence-electron chi connectivity index (χ3n) is 9.86. The van der Waals surface area contributed by atoms with E-state index in [2.05, 4.69) is 195 Å². The van der Waals surface area contributed by atoms with E-state index in [1.807, 2.05) is 0 Å². The fraction of sp³-hybridized carbons (Fsp3) is 0.0417. The van der Waals surface area contributed by atoms with Crippen LogP contribution in [0.1, 0.15) is 11.1 Å². The van der Waals surface area contributed by atoms with Gasteiger partial charge in [0.25, 0.3) is 0 Å². The van der Waals surface area contributed by atoms with Gasteiger partial charge in [-0.05, 0) is 145 Å². The molecule has 0 amide bonds. The van der Waals surface area contributed by atoms with Crippen LogP contribution >= 0.6 is 0 Å². The molecule has 9 aromatic carbocycles. The smallest absolute Gasteiger partial charge is 0.0464 e. The van der Waals surface area contributed by atoms with Gasteiger partial charge in [-0.1, -0.05) is 121 Å². The van der Waals surface area contributed by atoms with Crippen LogP contribution in [0, 0.1) is 13.8 Å². The third kappa shape index (κ3) is 5.12. The van der Waals surface area contributed by atoms with E-state index in [1.54, 1.807) is 0 Å². The average Bonchev–Trinajstić information content (AvgIpc) is 3.13. The average molecular weight is 626 g/mol. The fourth-order valence-electron chi connectivity index (χ4n) is 7.59. The maximum absolute atomic E-state index is 2.40.